The van der Waals surface area contributed by atoms with Crippen molar-refractivity contribution in [1.82, 2.24) is 5.32 Å². The first-order valence-corrected chi connectivity index (χ1v) is 6.84. The van der Waals surface area contributed by atoms with Gasteiger partial charge in [0.15, 0.2) is 0 Å². The normalized spacial score (nSPS) is 12.0. The minimum Gasteiger partial charge on any atom is -0.497 e. The Balaban J connectivity index is 2.08. The van der Waals surface area contributed by atoms with Gasteiger partial charge in [-0.2, -0.15) is 0 Å². The van der Waals surface area contributed by atoms with Crippen LogP contribution in [0.5, 0.6) is 11.5 Å². The Labute approximate surface area is 124 Å². The number of methoxy groups -OCH3 is 2. The number of hydrogen-bond donors (Lipinski definition) is 1. The minimum absolute atomic E-state index is 0.0852. The summed E-state index contributed by atoms with van der Waals surface area (Å²) in [7, 11) is 3.24. The highest BCUT2D eigenvalue weighted by atomic mass is 19.1. The Morgan fingerprint density at radius 2 is 1.86 bits per heavy atom. The Morgan fingerprint density at radius 1 is 1.10 bits per heavy atom. The average Bonchev–Trinajstić information content (AvgIpc) is 2.52. The molecule has 3 nitrogen and oxygen atoms in total. The lowest BCUT2D eigenvalue weighted by Gasteiger charge is -2.17. The third-order valence-corrected chi connectivity index (χ3v) is 3.46. The van der Waals surface area contributed by atoms with Gasteiger partial charge in [0.2, 0.25) is 0 Å². The molecule has 1 N–H and O–H groups in total. The lowest BCUT2D eigenvalue weighted by Crippen LogP contribution is -2.19. The van der Waals surface area contributed by atoms with Crippen LogP contribution in [0.4, 0.5) is 4.39 Å². The first-order valence-electron chi connectivity index (χ1n) is 6.84. The first kappa shape index (κ1) is 15.3. The second-order valence-corrected chi connectivity index (χ2v) is 4.80. The van der Waals surface area contributed by atoms with Crippen LogP contribution in [-0.2, 0) is 6.54 Å². The van der Waals surface area contributed by atoms with E-state index in [1.165, 1.54) is 6.07 Å². The summed E-state index contributed by atoms with van der Waals surface area (Å²) >= 11 is 0. The Hall–Kier alpha value is -2.07. The van der Waals surface area contributed by atoms with Crippen molar-refractivity contribution in [2.45, 2.75) is 19.5 Å². The molecule has 0 radical (unpaired) electrons. The summed E-state index contributed by atoms with van der Waals surface area (Å²) in [5.41, 5.74) is 1.66. The van der Waals surface area contributed by atoms with Crippen molar-refractivity contribution in [1.29, 1.82) is 0 Å². The van der Waals surface area contributed by atoms with Crippen molar-refractivity contribution in [3.05, 3.63) is 59.4 Å². The van der Waals surface area contributed by atoms with Gasteiger partial charge in [-0.05, 0) is 19.1 Å². The topological polar surface area (TPSA) is 30.5 Å². The zero-order valence-corrected chi connectivity index (χ0v) is 12.5. The van der Waals surface area contributed by atoms with Gasteiger partial charge in [-0.15, -0.1) is 0 Å². The molecule has 112 valence electrons. The molecule has 0 aromatic heterocycles. The fraction of sp³-hybridized carbons (Fsp3) is 0.294. The molecule has 2 aromatic carbocycles. The van der Waals surface area contributed by atoms with Crippen molar-refractivity contribution in [2.24, 2.45) is 0 Å². The summed E-state index contributed by atoms with van der Waals surface area (Å²) in [5, 5.41) is 3.31. The molecule has 0 unspecified atom stereocenters. The van der Waals surface area contributed by atoms with Crippen molar-refractivity contribution in [2.75, 3.05) is 14.2 Å². The fourth-order valence-corrected chi connectivity index (χ4v) is 2.20. The van der Waals surface area contributed by atoms with Crippen LogP contribution in [0.25, 0.3) is 0 Å². The summed E-state index contributed by atoms with van der Waals surface area (Å²) in [6.45, 7) is 2.52. The molecule has 4 heteroatoms. The lowest BCUT2D eigenvalue weighted by atomic mass is 10.1. The van der Waals surface area contributed by atoms with Gasteiger partial charge in [0.05, 0.1) is 14.2 Å². The van der Waals surface area contributed by atoms with E-state index in [4.69, 9.17) is 9.47 Å². The number of nitrogens with one attached hydrogen (secondary N) is 1. The Bertz CT molecular complexity index is 601. The highest BCUT2D eigenvalue weighted by molar-refractivity contribution is 5.40. The molecule has 0 bridgehead atoms. The van der Waals surface area contributed by atoms with Gasteiger partial charge in [0.25, 0.3) is 0 Å². The molecule has 0 spiro atoms. The molecule has 0 amide bonds. The van der Waals surface area contributed by atoms with Crippen molar-refractivity contribution < 1.29 is 13.9 Å². The zero-order valence-electron chi connectivity index (χ0n) is 12.5. The van der Waals surface area contributed by atoms with Gasteiger partial charge >= 0.3 is 0 Å². The maximum atomic E-state index is 13.7. The molecular weight excluding hydrogens is 269 g/mol. The maximum Gasteiger partial charge on any atom is 0.127 e. The number of rotatable bonds is 6. The van der Waals surface area contributed by atoms with E-state index in [0.29, 0.717) is 12.1 Å². The molecule has 0 aliphatic carbocycles. The molecule has 2 aromatic rings. The van der Waals surface area contributed by atoms with Gasteiger partial charge in [0, 0.05) is 29.8 Å². The second-order valence-electron chi connectivity index (χ2n) is 4.80. The minimum atomic E-state index is -0.195. The highest BCUT2D eigenvalue weighted by Crippen LogP contribution is 2.25. The molecule has 0 aliphatic rings. The summed E-state index contributed by atoms with van der Waals surface area (Å²) in [4.78, 5) is 0. The van der Waals surface area contributed by atoms with Crippen LogP contribution >= 0.6 is 0 Å². The maximum absolute atomic E-state index is 13.7. The SMILES string of the molecule is COc1ccc(CN[C@H](C)c2ccccc2F)c(OC)c1. The van der Waals surface area contributed by atoms with Crippen molar-refractivity contribution in [3.8, 4) is 11.5 Å². The molecule has 2 rings (SSSR count). The van der Waals surface area contributed by atoms with E-state index >= 15 is 0 Å². The number of benzene rings is 2. The van der Waals surface area contributed by atoms with Crippen LogP contribution in [0, 0.1) is 5.82 Å². The predicted molar refractivity (Wildman–Crippen MR) is 81.2 cm³/mol. The van der Waals surface area contributed by atoms with E-state index < -0.39 is 0 Å². The fourth-order valence-electron chi connectivity index (χ4n) is 2.20. The zero-order chi connectivity index (χ0) is 15.2. The summed E-state index contributed by atoms with van der Waals surface area (Å²) in [6, 6.07) is 12.4. The third-order valence-electron chi connectivity index (χ3n) is 3.46. The smallest absolute Gasteiger partial charge is 0.127 e. The largest absolute Gasteiger partial charge is 0.497 e. The van der Waals surface area contributed by atoms with Gasteiger partial charge in [0.1, 0.15) is 17.3 Å². The lowest BCUT2D eigenvalue weighted by molar-refractivity contribution is 0.388. The monoisotopic (exact) mass is 289 g/mol. The number of hydrogen-bond acceptors (Lipinski definition) is 3. The molecule has 0 fully saturated rings. The molecular formula is C17H20FNO2. The molecule has 0 saturated carbocycles. The summed E-state index contributed by atoms with van der Waals surface area (Å²) in [5.74, 6) is 1.31. The molecule has 0 aliphatic heterocycles. The van der Waals surface area contributed by atoms with Gasteiger partial charge in [-0.3, -0.25) is 0 Å². The first-order chi connectivity index (χ1) is 10.2. The van der Waals surface area contributed by atoms with Crippen molar-refractivity contribution >= 4 is 0 Å². The van der Waals surface area contributed by atoms with E-state index in [1.54, 1.807) is 26.4 Å². The molecule has 21 heavy (non-hydrogen) atoms. The van der Waals surface area contributed by atoms with Crippen LogP contribution in [0.3, 0.4) is 0 Å². The Morgan fingerprint density at radius 3 is 2.52 bits per heavy atom. The highest BCUT2D eigenvalue weighted by Gasteiger charge is 2.11. The van der Waals surface area contributed by atoms with Crippen LogP contribution in [0.2, 0.25) is 0 Å². The number of ether oxygens (including phenoxy) is 2. The predicted octanol–water partition coefficient (Wildman–Crippen LogP) is 3.69. The summed E-state index contributed by atoms with van der Waals surface area (Å²) < 4.78 is 24.3. The van der Waals surface area contributed by atoms with Crippen LogP contribution in [0.1, 0.15) is 24.1 Å². The van der Waals surface area contributed by atoms with Crippen molar-refractivity contribution in [3.63, 3.8) is 0 Å². The van der Waals surface area contributed by atoms with E-state index in [9.17, 15) is 4.39 Å². The molecule has 1 atom stereocenters. The second kappa shape index (κ2) is 7.09. The van der Waals surface area contributed by atoms with Gasteiger partial charge in [-0.1, -0.05) is 24.3 Å². The quantitative estimate of drug-likeness (QED) is 0.879. The van der Waals surface area contributed by atoms with Crippen LogP contribution in [0.15, 0.2) is 42.5 Å². The molecule has 0 saturated heterocycles. The van der Waals surface area contributed by atoms with E-state index in [1.807, 2.05) is 31.2 Å². The summed E-state index contributed by atoms with van der Waals surface area (Å²) in [6.07, 6.45) is 0. The van der Waals surface area contributed by atoms with E-state index in [-0.39, 0.29) is 11.9 Å². The van der Waals surface area contributed by atoms with Crippen LogP contribution in [-0.4, -0.2) is 14.2 Å². The van der Waals surface area contributed by atoms with E-state index in [0.717, 1.165) is 17.1 Å². The standard InChI is InChI=1S/C17H20FNO2/c1-12(15-6-4-5-7-16(15)18)19-11-13-8-9-14(20-2)10-17(13)21-3/h4-10,12,19H,11H2,1-3H3/t12-/m1/s1. The Kier molecular flexibility index (Phi) is 5.17. The number of halogens is 1. The van der Waals surface area contributed by atoms with E-state index in [2.05, 4.69) is 5.32 Å². The molecule has 0 heterocycles. The van der Waals surface area contributed by atoms with Gasteiger partial charge in [-0.25, -0.2) is 4.39 Å². The van der Waals surface area contributed by atoms with Crippen LogP contribution < -0.4 is 14.8 Å². The third kappa shape index (κ3) is 3.73. The average molecular weight is 289 g/mol. The van der Waals surface area contributed by atoms with Gasteiger partial charge < -0.3 is 14.8 Å².